The smallest absolute Gasteiger partial charge is 0.215 e. The Hall–Kier alpha value is -1.93. The maximum absolute atomic E-state index is 5.30. The zero-order valence-electron chi connectivity index (χ0n) is 10.3. The molecule has 2 aromatic rings. The van der Waals surface area contributed by atoms with Gasteiger partial charge in [0.25, 0.3) is 0 Å². The first-order chi connectivity index (χ1) is 9.17. The molecule has 0 aliphatic carbocycles. The SMILES string of the molecule is COc1cccc(/C=N\n2c(=S)[nH][nH]c2=S)c1OC. The van der Waals surface area contributed by atoms with Gasteiger partial charge in [-0.25, -0.2) is 0 Å². The molecule has 100 valence electrons. The normalized spacial score (nSPS) is 10.8. The Bertz CT molecular complexity index is 686. The van der Waals surface area contributed by atoms with Crippen LogP contribution in [0.5, 0.6) is 11.5 Å². The van der Waals surface area contributed by atoms with Crippen LogP contribution in [0.15, 0.2) is 23.3 Å². The van der Waals surface area contributed by atoms with Crippen LogP contribution in [0.4, 0.5) is 0 Å². The Kier molecular flexibility index (Phi) is 4.13. The molecule has 0 unspecified atom stereocenters. The molecule has 0 fully saturated rings. The average molecular weight is 296 g/mol. The standard InChI is InChI=1S/C11H12N4O2S2/c1-16-8-5-3-4-7(9(8)17-2)6-12-15-10(18)13-14-11(15)19/h3-6H,1-2H3,(H,13,18)(H,14,19)/b12-6-. The van der Waals surface area contributed by atoms with Crippen molar-refractivity contribution in [3.8, 4) is 11.5 Å². The van der Waals surface area contributed by atoms with Gasteiger partial charge in [0.1, 0.15) is 0 Å². The second kappa shape index (κ2) is 5.81. The second-order valence-electron chi connectivity index (χ2n) is 3.50. The number of benzene rings is 1. The molecule has 0 aliphatic rings. The van der Waals surface area contributed by atoms with E-state index in [0.29, 0.717) is 21.0 Å². The van der Waals surface area contributed by atoms with Gasteiger partial charge in [-0.3, -0.25) is 10.2 Å². The molecule has 0 amide bonds. The van der Waals surface area contributed by atoms with Crippen molar-refractivity contribution in [3.05, 3.63) is 33.3 Å². The van der Waals surface area contributed by atoms with Crippen molar-refractivity contribution in [2.45, 2.75) is 0 Å². The summed E-state index contributed by atoms with van der Waals surface area (Å²) in [6.45, 7) is 0. The highest BCUT2D eigenvalue weighted by Gasteiger charge is 2.07. The van der Waals surface area contributed by atoms with Crippen LogP contribution in [0.1, 0.15) is 5.56 Å². The number of methoxy groups -OCH3 is 2. The average Bonchev–Trinajstić information content (AvgIpc) is 2.75. The molecule has 6 nitrogen and oxygen atoms in total. The number of nitrogens with zero attached hydrogens (tertiary/aromatic N) is 2. The number of hydrogen-bond acceptors (Lipinski definition) is 5. The van der Waals surface area contributed by atoms with E-state index in [4.69, 9.17) is 33.9 Å². The van der Waals surface area contributed by atoms with Crippen molar-refractivity contribution < 1.29 is 9.47 Å². The van der Waals surface area contributed by atoms with Crippen molar-refractivity contribution in [1.82, 2.24) is 14.9 Å². The van der Waals surface area contributed by atoms with E-state index < -0.39 is 0 Å². The number of ether oxygens (including phenoxy) is 2. The molecule has 0 saturated carbocycles. The van der Waals surface area contributed by atoms with Crippen LogP contribution in [-0.4, -0.2) is 35.3 Å². The molecule has 0 aliphatic heterocycles. The minimum absolute atomic E-state index is 0.392. The fourth-order valence-corrected chi connectivity index (χ4v) is 1.98. The van der Waals surface area contributed by atoms with Gasteiger partial charge in [0.05, 0.1) is 20.4 Å². The van der Waals surface area contributed by atoms with E-state index in [0.717, 1.165) is 5.56 Å². The minimum atomic E-state index is 0.392. The molecule has 19 heavy (non-hydrogen) atoms. The number of hydrogen-bond donors (Lipinski definition) is 2. The van der Waals surface area contributed by atoms with Crippen LogP contribution in [-0.2, 0) is 0 Å². The molecule has 8 heteroatoms. The van der Waals surface area contributed by atoms with E-state index in [1.54, 1.807) is 20.4 Å². The van der Waals surface area contributed by atoms with Gasteiger partial charge in [-0.2, -0.15) is 9.78 Å². The third-order valence-corrected chi connectivity index (χ3v) is 2.96. The van der Waals surface area contributed by atoms with Crippen LogP contribution in [0.25, 0.3) is 0 Å². The summed E-state index contributed by atoms with van der Waals surface area (Å²) in [4.78, 5) is 0. The summed E-state index contributed by atoms with van der Waals surface area (Å²) < 4.78 is 12.7. The zero-order chi connectivity index (χ0) is 13.8. The quantitative estimate of drug-likeness (QED) is 0.672. The summed E-state index contributed by atoms with van der Waals surface area (Å²) in [5.74, 6) is 1.24. The molecule has 0 radical (unpaired) electrons. The predicted octanol–water partition coefficient (Wildman–Crippen LogP) is 2.50. The lowest BCUT2D eigenvalue weighted by Crippen LogP contribution is -1.97. The van der Waals surface area contributed by atoms with E-state index in [9.17, 15) is 0 Å². The van der Waals surface area contributed by atoms with Crippen molar-refractivity contribution in [2.75, 3.05) is 14.2 Å². The van der Waals surface area contributed by atoms with Gasteiger partial charge in [-0.15, -0.1) is 0 Å². The van der Waals surface area contributed by atoms with Crippen LogP contribution < -0.4 is 9.47 Å². The summed E-state index contributed by atoms with van der Waals surface area (Å²) in [6.07, 6.45) is 1.61. The Morgan fingerprint density at radius 3 is 2.42 bits per heavy atom. The molecular weight excluding hydrogens is 284 g/mol. The van der Waals surface area contributed by atoms with Crippen molar-refractivity contribution >= 4 is 30.7 Å². The van der Waals surface area contributed by atoms with Crippen molar-refractivity contribution in [1.29, 1.82) is 0 Å². The second-order valence-corrected chi connectivity index (χ2v) is 4.27. The Morgan fingerprint density at radius 1 is 1.16 bits per heavy atom. The Morgan fingerprint density at radius 2 is 1.84 bits per heavy atom. The number of rotatable bonds is 4. The summed E-state index contributed by atoms with van der Waals surface area (Å²) in [7, 11) is 3.15. The number of para-hydroxylation sites is 1. The molecule has 2 N–H and O–H groups in total. The van der Waals surface area contributed by atoms with Gasteiger partial charge in [0.15, 0.2) is 11.5 Å². The molecule has 2 rings (SSSR count). The summed E-state index contributed by atoms with van der Waals surface area (Å²) in [5.41, 5.74) is 0.763. The molecule has 0 bridgehead atoms. The lowest BCUT2D eigenvalue weighted by Gasteiger charge is -2.09. The molecular formula is C11H12N4O2S2. The van der Waals surface area contributed by atoms with E-state index in [-0.39, 0.29) is 0 Å². The molecule has 1 aromatic heterocycles. The van der Waals surface area contributed by atoms with Gasteiger partial charge in [0, 0.05) is 5.56 Å². The predicted molar refractivity (Wildman–Crippen MR) is 77.3 cm³/mol. The summed E-state index contributed by atoms with van der Waals surface area (Å²) in [5, 5.41) is 9.61. The van der Waals surface area contributed by atoms with Crippen molar-refractivity contribution in [3.63, 3.8) is 0 Å². The summed E-state index contributed by atoms with van der Waals surface area (Å²) >= 11 is 10.1. The topological polar surface area (TPSA) is 67.3 Å². The minimum Gasteiger partial charge on any atom is -0.493 e. The Labute approximate surface area is 119 Å². The number of aromatic amines is 2. The highest BCUT2D eigenvalue weighted by Crippen LogP contribution is 2.29. The lowest BCUT2D eigenvalue weighted by atomic mass is 10.2. The van der Waals surface area contributed by atoms with Crippen molar-refractivity contribution in [2.24, 2.45) is 5.10 Å². The fraction of sp³-hybridized carbons (Fsp3) is 0.182. The number of aromatic nitrogens is 3. The van der Waals surface area contributed by atoms with Crippen LogP contribution in [0, 0.1) is 9.54 Å². The van der Waals surface area contributed by atoms with E-state index in [1.807, 2.05) is 18.2 Å². The maximum Gasteiger partial charge on any atom is 0.215 e. The third kappa shape index (κ3) is 2.74. The first-order valence-corrected chi connectivity index (χ1v) is 6.14. The molecule has 1 aromatic carbocycles. The first-order valence-electron chi connectivity index (χ1n) is 5.32. The van der Waals surface area contributed by atoms with Crippen LogP contribution in [0.2, 0.25) is 0 Å². The zero-order valence-corrected chi connectivity index (χ0v) is 12.0. The highest BCUT2D eigenvalue weighted by atomic mass is 32.1. The molecule has 0 spiro atoms. The number of H-pyrrole nitrogens is 2. The fourth-order valence-electron chi connectivity index (χ4n) is 1.54. The largest absolute Gasteiger partial charge is 0.493 e. The van der Waals surface area contributed by atoms with E-state index >= 15 is 0 Å². The molecule has 1 heterocycles. The third-order valence-electron chi connectivity index (χ3n) is 2.41. The van der Waals surface area contributed by atoms with Crippen LogP contribution in [0.3, 0.4) is 0 Å². The lowest BCUT2D eigenvalue weighted by molar-refractivity contribution is 0.354. The van der Waals surface area contributed by atoms with E-state index in [2.05, 4.69) is 15.3 Å². The maximum atomic E-state index is 5.30. The van der Waals surface area contributed by atoms with Gasteiger partial charge < -0.3 is 9.47 Å². The van der Waals surface area contributed by atoms with Crippen LogP contribution >= 0.6 is 24.4 Å². The monoisotopic (exact) mass is 296 g/mol. The van der Waals surface area contributed by atoms with Gasteiger partial charge in [-0.1, -0.05) is 6.07 Å². The molecule has 0 saturated heterocycles. The number of nitrogens with one attached hydrogen (secondary N) is 2. The first kappa shape index (κ1) is 13.5. The molecule has 0 atom stereocenters. The Balaban J connectivity index is 2.44. The van der Waals surface area contributed by atoms with Gasteiger partial charge >= 0.3 is 0 Å². The summed E-state index contributed by atoms with van der Waals surface area (Å²) in [6, 6.07) is 5.51. The van der Waals surface area contributed by atoms with Gasteiger partial charge in [-0.05, 0) is 36.6 Å². The van der Waals surface area contributed by atoms with E-state index in [1.165, 1.54) is 4.68 Å². The highest BCUT2D eigenvalue weighted by molar-refractivity contribution is 7.72. The van der Waals surface area contributed by atoms with Gasteiger partial charge in [0.2, 0.25) is 9.54 Å².